The first-order valence-corrected chi connectivity index (χ1v) is 6.14. The largest absolute Gasteiger partial charge is 0.386 e. The van der Waals surface area contributed by atoms with Gasteiger partial charge in [0.1, 0.15) is 5.84 Å². The molecule has 1 aliphatic heterocycles. The van der Waals surface area contributed by atoms with Gasteiger partial charge in [0.25, 0.3) is 0 Å². The number of rotatable bonds is 4. The third-order valence-electron chi connectivity index (χ3n) is 2.00. The average molecular weight is 205 g/mol. The summed E-state index contributed by atoms with van der Waals surface area (Å²) >= 11 is 0. The molecule has 0 atom stereocenters. The molecule has 2 N–H and O–H groups in total. The molecule has 0 aromatic rings. The van der Waals surface area contributed by atoms with Gasteiger partial charge in [-0.2, -0.15) is 5.10 Å². The van der Waals surface area contributed by atoms with E-state index in [9.17, 15) is 8.42 Å². The van der Waals surface area contributed by atoms with Crippen molar-refractivity contribution in [3.8, 4) is 0 Å². The summed E-state index contributed by atoms with van der Waals surface area (Å²) in [5, 5.41) is 5.70. The molecule has 5 nitrogen and oxygen atoms in total. The molecular weight excluding hydrogens is 190 g/mol. The molecular formula is C7H15N3O2S. The van der Waals surface area contributed by atoms with E-state index in [-0.39, 0.29) is 11.5 Å². The van der Waals surface area contributed by atoms with Gasteiger partial charge in [0, 0.05) is 18.7 Å². The predicted molar refractivity (Wildman–Crippen MR) is 52.1 cm³/mol. The van der Waals surface area contributed by atoms with Crippen molar-refractivity contribution in [2.45, 2.75) is 13.3 Å². The molecule has 0 saturated carbocycles. The summed E-state index contributed by atoms with van der Waals surface area (Å²) in [6, 6.07) is 0. The normalized spacial score (nSPS) is 17.6. The van der Waals surface area contributed by atoms with Crippen LogP contribution in [-0.2, 0) is 9.84 Å². The fourth-order valence-electron chi connectivity index (χ4n) is 1.08. The highest BCUT2D eigenvalue weighted by Crippen LogP contribution is 2.03. The van der Waals surface area contributed by atoms with Gasteiger partial charge in [0.2, 0.25) is 0 Å². The highest BCUT2D eigenvalue weighted by Gasteiger charge is 2.14. The molecule has 0 aromatic carbocycles. The molecule has 13 heavy (non-hydrogen) atoms. The smallest absolute Gasteiger partial charge is 0.151 e. The molecule has 6 heteroatoms. The van der Waals surface area contributed by atoms with Gasteiger partial charge in [-0.1, -0.05) is 6.92 Å². The number of hydrazone groups is 1. The van der Waals surface area contributed by atoms with Crippen molar-refractivity contribution in [2.24, 2.45) is 10.8 Å². The molecule has 0 unspecified atom stereocenters. The van der Waals surface area contributed by atoms with Crippen LogP contribution in [0.25, 0.3) is 0 Å². The van der Waals surface area contributed by atoms with Crippen LogP contribution in [0.5, 0.6) is 0 Å². The molecule has 0 amide bonds. The van der Waals surface area contributed by atoms with Crippen LogP contribution in [0.3, 0.4) is 0 Å². The summed E-state index contributed by atoms with van der Waals surface area (Å²) in [6.45, 7) is 2.85. The molecule has 0 radical (unpaired) electrons. The monoisotopic (exact) mass is 205 g/mol. The summed E-state index contributed by atoms with van der Waals surface area (Å²) < 4.78 is 22.3. The van der Waals surface area contributed by atoms with Gasteiger partial charge < -0.3 is 5.73 Å². The Labute approximate surface area is 78.5 Å². The van der Waals surface area contributed by atoms with Gasteiger partial charge >= 0.3 is 0 Å². The van der Waals surface area contributed by atoms with Crippen molar-refractivity contribution >= 4 is 15.7 Å². The molecule has 1 heterocycles. The van der Waals surface area contributed by atoms with Crippen LogP contribution in [0.4, 0.5) is 0 Å². The number of hydrogen-bond acceptors (Lipinski definition) is 5. The van der Waals surface area contributed by atoms with E-state index in [1.165, 1.54) is 0 Å². The van der Waals surface area contributed by atoms with Crippen LogP contribution >= 0.6 is 0 Å². The lowest BCUT2D eigenvalue weighted by Crippen LogP contribution is -2.23. The van der Waals surface area contributed by atoms with Gasteiger partial charge in [-0.25, -0.2) is 8.42 Å². The summed E-state index contributed by atoms with van der Waals surface area (Å²) in [4.78, 5) is 0. The number of amidine groups is 1. The Bertz CT molecular complexity index is 297. The first-order chi connectivity index (χ1) is 6.03. The van der Waals surface area contributed by atoms with E-state index in [4.69, 9.17) is 5.73 Å². The van der Waals surface area contributed by atoms with E-state index in [1.807, 2.05) is 0 Å². The van der Waals surface area contributed by atoms with Gasteiger partial charge in [-0.15, -0.1) is 0 Å². The van der Waals surface area contributed by atoms with E-state index in [0.29, 0.717) is 12.4 Å². The van der Waals surface area contributed by atoms with Crippen LogP contribution in [0, 0.1) is 0 Å². The molecule has 1 aliphatic rings. The minimum Gasteiger partial charge on any atom is -0.386 e. The molecule has 1 rings (SSSR count). The first-order valence-electron chi connectivity index (χ1n) is 4.32. The Morgan fingerprint density at radius 1 is 1.62 bits per heavy atom. The first kappa shape index (κ1) is 10.3. The van der Waals surface area contributed by atoms with E-state index in [1.54, 1.807) is 11.9 Å². The Hall–Kier alpha value is -0.780. The lowest BCUT2D eigenvalue weighted by atomic mass is 10.4. The second-order valence-corrected chi connectivity index (χ2v) is 5.50. The van der Waals surface area contributed by atoms with Crippen molar-refractivity contribution in [3.05, 3.63) is 0 Å². The molecule has 0 saturated heterocycles. The van der Waals surface area contributed by atoms with Crippen molar-refractivity contribution in [1.82, 2.24) is 5.01 Å². The molecule has 0 aromatic heterocycles. The maximum absolute atomic E-state index is 11.1. The van der Waals surface area contributed by atoms with Crippen molar-refractivity contribution in [3.63, 3.8) is 0 Å². The molecule has 0 spiro atoms. The predicted octanol–water partition coefficient (Wildman–Crippen LogP) is -0.601. The topological polar surface area (TPSA) is 75.8 Å². The van der Waals surface area contributed by atoms with E-state index in [0.717, 1.165) is 13.0 Å². The second-order valence-electron chi connectivity index (χ2n) is 3.03. The second kappa shape index (κ2) is 3.95. The van der Waals surface area contributed by atoms with E-state index >= 15 is 0 Å². The lowest BCUT2D eigenvalue weighted by molar-refractivity contribution is 0.337. The number of sulfone groups is 1. The van der Waals surface area contributed by atoms with E-state index < -0.39 is 9.84 Å². The van der Waals surface area contributed by atoms with Crippen molar-refractivity contribution in [1.29, 1.82) is 0 Å². The zero-order valence-electron chi connectivity index (χ0n) is 7.73. The highest BCUT2D eigenvalue weighted by atomic mass is 32.2. The highest BCUT2D eigenvalue weighted by molar-refractivity contribution is 7.91. The van der Waals surface area contributed by atoms with Gasteiger partial charge in [0.05, 0.1) is 12.3 Å². The van der Waals surface area contributed by atoms with Gasteiger partial charge in [0.15, 0.2) is 9.84 Å². The Morgan fingerprint density at radius 2 is 2.31 bits per heavy atom. The minimum absolute atomic E-state index is 0.167. The SMILES string of the molecule is CCS(=O)(=O)CCN1CCC(N)=N1. The molecule has 76 valence electrons. The van der Waals surface area contributed by atoms with Crippen LogP contribution in [0.1, 0.15) is 13.3 Å². The maximum Gasteiger partial charge on any atom is 0.151 e. The molecule has 0 bridgehead atoms. The Kier molecular flexibility index (Phi) is 3.13. The third-order valence-corrected chi connectivity index (χ3v) is 3.68. The summed E-state index contributed by atoms with van der Waals surface area (Å²) in [5.41, 5.74) is 5.46. The molecule has 0 aliphatic carbocycles. The zero-order valence-corrected chi connectivity index (χ0v) is 8.55. The third kappa shape index (κ3) is 3.22. The zero-order chi connectivity index (χ0) is 9.90. The van der Waals surface area contributed by atoms with Crippen LogP contribution in [0.15, 0.2) is 5.10 Å². The van der Waals surface area contributed by atoms with Crippen LogP contribution in [0.2, 0.25) is 0 Å². The molecule has 0 fully saturated rings. The maximum atomic E-state index is 11.1. The summed E-state index contributed by atoms with van der Waals surface area (Å²) in [7, 11) is -2.88. The summed E-state index contributed by atoms with van der Waals surface area (Å²) in [5.74, 6) is 0.953. The average Bonchev–Trinajstić information content (AvgIpc) is 2.48. The van der Waals surface area contributed by atoms with Gasteiger partial charge in [-0.3, -0.25) is 5.01 Å². The van der Waals surface area contributed by atoms with E-state index in [2.05, 4.69) is 5.10 Å². The van der Waals surface area contributed by atoms with Crippen molar-refractivity contribution < 1.29 is 8.42 Å². The van der Waals surface area contributed by atoms with Crippen molar-refractivity contribution in [2.75, 3.05) is 24.6 Å². The number of nitrogens with zero attached hydrogens (tertiary/aromatic N) is 2. The minimum atomic E-state index is -2.88. The van der Waals surface area contributed by atoms with Crippen LogP contribution < -0.4 is 5.73 Å². The fourth-order valence-corrected chi connectivity index (χ4v) is 1.85. The number of hydrogen-bond donors (Lipinski definition) is 1. The number of nitrogens with two attached hydrogens (primary N) is 1. The Morgan fingerprint density at radius 3 is 2.77 bits per heavy atom. The van der Waals surface area contributed by atoms with Crippen LogP contribution in [-0.4, -0.2) is 43.9 Å². The van der Waals surface area contributed by atoms with Gasteiger partial charge in [-0.05, 0) is 0 Å². The quantitative estimate of drug-likeness (QED) is 0.665. The summed E-state index contributed by atoms with van der Waals surface area (Å²) in [6.07, 6.45) is 0.742. The Balaban J connectivity index is 2.36. The lowest BCUT2D eigenvalue weighted by Gasteiger charge is -2.12. The fraction of sp³-hybridized carbons (Fsp3) is 0.857. The standard InChI is InChI=1S/C7H15N3O2S/c1-2-13(11,12)6-5-10-4-3-7(8)9-10/h2-6H2,1H3,(H2,8,9).